The number of halogens is 1. The number of nitrogens with one attached hydrogen (secondary N) is 1. The molecular weight excluding hydrogens is 335 g/mol. The summed E-state index contributed by atoms with van der Waals surface area (Å²) in [6.07, 6.45) is 0.450. The fourth-order valence-corrected chi connectivity index (χ4v) is 2.98. The zero-order valence-electron chi connectivity index (χ0n) is 14.6. The maximum atomic E-state index is 13.0. The lowest BCUT2D eigenvalue weighted by molar-refractivity contribution is -0.132. The number of amides is 2. The summed E-state index contributed by atoms with van der Waals surface area (Å²) in [5.41, 5.74) is 1.54. The van der Waals surface area contributed by atoms with Gasteiger partial charge in [-0.15, -0.1) is 0 Å². The molecule has 1 fully saturated rings. The van der Waals surface area contributed by atoms with Crippen molar-refractivity contribution in [3.8, 4) is 5.75 Å². The van der Waals surface area contributed by atoms with Crippen molar-refractivity contribution in [3.63, 3.8) is 0 Å². The molecule has 26 heavy (non-hydrogen) atoms. The highest BCUT2D eigenvalue weighted by molar-refractivity contribution is 6.09. The topological polar surface area (TPSA) is 58.6 Å². The van der Waals surface area contributed by atoms with E-state index in [0.717, 1.165) is 11.3 Å². The molecule has 0 aliphatic carbocycles. The molecule has 2 aromatic carbocycles. The molecule has 1 saturated heterocycles. The number of hydrogen-bond acceptors (Lipinski definition) is 3. The molecule has 1 heterocycles. The van der Waals surface area contributed by atoms with E-state index in [2.05, 4.69) is 5.32 Å². The van der Waals surface area contributed by atoms with Gasteiger partial charge in [-0.3, -0.25) is 9.59 Å². The third kappa shape index (κ3) is 4.02. The Bertz CT molecular complexity index is 775. The minimum atomic E-state index is -0.706. The molecule has 0 spiro atoms. The van der Waals surface area contributed by atoms with Gasteiger partial charge in [0.2, 0.25) is 11.8 Å². The van der Waals surface area contributed by atoms with Crippen LogP contribution < -0.4 is 15.0 Å². The Morgan fingerprint density at radius 3 is 2.54 bits per heavy atom. The number of nitrogens with zero attached hydrogens (tertiary/aromatic N) is 1. The number of anilines is 1. The summed E-state index contributed by atoms with van der Waals surface area (Å²) in [5, 5.41) is 2.82. The Morgan fingerprint density at radius 1 is 1.19 bits per heavy atom. The molecule has 0 aromatic heterocycles. The maximum absolute atomic E-state index is 13.0. The molecule has 3 rings (SSSR count). The first-order chi connectivity index (χ1) is 12.6. The minimum absolute atomic E-state index is 0.249. The van der Waals surface area contributed by atoms with Crippen LogP contribution in [0.4, 0.5) is 10.1 Å². The highest BCUT2D eigenvalue weighted by Crippen LogP contribution is 2.25. The van der Waals surface area contributed by atoms with Crippen molar-refractivity contribution < 1.29 is 18.7 Å². The third-order valence-corrected chi connectivity index (χ3v) is 4.36. The SMILES string of the molecule is CCOc1ccc(CNC(=O)[C@@H]2CCN(c3ccc(F)cc3)C2=O)cc1. The molecule has 1 N–H and O–H groups in total. The Balaban J connectivity index is 1.56. The first-order valence-electron chi connectivity index (χ1n) is 8.65. The zero-order chi connectivity index (χ0) is 18.5. The van der Waals surface area contributed by atoms with Crippen molar-refractivity contribution in [2.75, 3.05) is 18.1 Å². The fraction of sp³-hybridized carbons (Fsp3) is 0.300. The Labute approximate surface area is 151 Å². The number of benzene rings is 2. The predicted octanol–water partition coefficient (Wildman–Crippen LogP) is 2.89. The van der Waals surface area contributed by atoms with Gasteiger partial charge in [0, 0.05) is 18.8 Å². The van der Waals surface area contributed by atoms with E-state index in [1.807, 2.05) is 31.2 Å². The smallest absolute Gasteiger partial charge is 0.239 e. The van der Waals surface area contributed by atoms with Gasteiger partial charge in [-0.1, -0.05) is 12.1 Å². The summed E-state index contributed by atoms with van der Waals surface area (Å²) < 4.78 is 18.4. The number of rotatable bonds is 6. The van der Waals surface area contributed by atoms with E-state index in [9.17, 15) is 14.0 Å². The highest BCUT2D eigenvalue weighted by Gasteiger charge is 2.37. The predicted molar refractivity (Wildman–Crippen MR) is 96.3 cm³/mol. The molecule has 0 saturated carbocycles. The van der Waals surface area contributed by atoms with Crippen LogP contribution in [-0.4, -0.2) is 25.0 Å². The highest BCUT2D eigenvalue weighted by atomic mass is 19.1. The molecule has 136 valence electrons. The van der Waals surface area contributed by atoms with Crippen LogP contribution in [0, 0.1) is 11.7 Å². The Kier molecular flexibility index (Phi) is 5.51. The standard InChI is InChI=1S/C20H21FN2O3/c1-2-26-17-9-3-14(4-10-17)13-22-19(24)18-11-12-23(20(18)25)16-7-5-15(21)6-8-16/h3-10,18H,2,11-13H2,1H3,(H,22,24)/t18-/m0/s1. The van der Waals surface area contributed by atoms with Crippen LogP contribution in [0.5, 0.6) is 5.75 Å². The van der Waals surface area contributed by atoms with Crippen molar-refractivity contribution in [1.82, 2.24) is 5.32 Å². The van der Waals surface area contributed by atoms with Gasteiger partial charge in [0.15, 0.2) is 0 Å². The largest absolute Gasteiger partial charge is 0.494 e. The summed E-state index contributed by atoms with van der Waals surface area (Å²) in [6, 6.07) is 13.2. The second-order valence-corrected chi connectivity index (χ2v) is 6.10. The van der Waals surface area contributed by atoms with Crippen LogP contribution in [-0.2, 0) is 16.1 Å². The van der Waals surface area contributed by atoms with E-state index >= 15 is 0 Å². The lowest BCUT2D eigenvalue weighted by Crippen LogP contribution is -2.36. The van der Waals surface area contributed by atoms with Crippen LogP contribution in [0.25, 0.3) is 0 Å². The number of carbonyl (C=O) groups excluding carboxylic acids is 2. The molecule has 2 aromatic rings. The van der Waals surface area contributed by atoms with Gasteiger partial charge in [-0.2, -0.15) is 0 Å². The third-order valence-electron chi connectivity index (χ3n) is 4.36. The average molecular weight is 356 g/mol. The summed E-state index contributed by atoms with van der Waals surface area (Å²) in [7, 11) is 0. The average Bonchev–Trinajstić information content (AvgIpc) is 3.03. The van der Waals surface area contributed by atoms with Crippen LogP contribution in [0.1, 0.15) is 18.9 Å². The number of carbonyl (C=O) groups is 2. The van der Waals surface area contributed by atoms with Gasteiger partial charge in [0.1, 0.15) is 17.5 Å². The van der Waals surface area contributed by atoms with Gasteiger partial charge in [0.05, 0.1) is 6.61 Å². The number of ether oxygens (including phenoxy) is 1. The van der Waals surface area contributed by atoms with E-state index in [1.54, 1.807) is 12.1 Å². The van der Waals surface area contributed by atoms with Crippen LogP contribution >= 0.6 is 0 Å². The molecule has 6 heteroatoms. The second kappa shape index (κ2) is 7.99. The van der Waals surface area contributed by atoms with Crippen molar-refractivity contribution in [2.45, 2.75) is 19.9 Å². The van der Waals surface area contributed by atoms with E-state index in [4.69, 9.17) is 4.74 Å². The molecule has 1 atom stereocenters. The summed E-state index contributed by atoms with van der Waals surface area (Å²) in [4.78, 5) is 26.4. The van der Waals surface area contributed by atoms with Gasteiger partial charge in [0.25, 0.3) is 0 Å². The maximum Gasteiger partial charge on any atom is 0.239 e. The van der Waals surface area contributed by atoms with Crippen molar-refractivity contribution in [3.05, 3.63) is 59.9 Å². The minimum Gasteiger partial charge on any atom is -0.494 e. The zero-order valence-corrected chi connectivity index (χ0v) is 14.6. The lowest BCUT2D eigenvalue weighted by atomic mass is 10.1. The van der Waals surface area contributed by atoms with Crippen LogP contribution in [0.3, 0.4) is 0 Å². The van der Waals surface area contributed by atoms with Gasteiger partial charge in [-0.25, -0.2) is 4.39 Å². The van der Waals surface area contributed by atoms with Gasteiger partial charge >= 0.3 is 0 Å². The monoisotopic (exact) mass is 356 g/mol. The van der Waals surface area contributed by atoms with Crippen molar-refractivity contribution in [1.29, 1.82) is 0 Å². The lowest BCUT2D eigenvalue weighted by Gasteiger charge is -2.16. The fourth-order valence-electron chi connectivity index (χ4n) is 2.98. The first kappa shape index (κ1) is 17.9. The molecule has 0 unspecified atom stereocenters. The summed E-state index contributed by atoms with van der Waals surface area (Å²) in [5.74, 6) is -0.814. The van der Waals surface area contributed by atoms with E-state index in [1.165, 1.54) is 17.0 Å². The van der Waals surface area contributed by atoms with Crippen molar-refractivity contribution >= 4 is 17.5 Å². The number of hydrogen-bond donors (Lipinski definition) is 1. The molecule has 5 nitrogen and oxygen atoms in total. The quantitative estimate of drug-likeness (QED) is 0.810. The molecule has 0 bridgehead atoms. The Morgan fingerprint density at radius 2 is 1.88 bits per heavy atom. The van der Waals surface area contributed by atoms with E-state index in [-0.39, 0.29) is 17.6 Å². The normalized spacial score (nSPS) is 16.6. The van der Waals surface area contributed by atoms with E-state index in [0.29, 0.717) is 31.8 Å². The van der Waals surface area contributed by atoms with Crippen molar-refractivity contribution in [2.24, 2.45) is 5.92 Å². The second-order valence-electron chi connectivity index (χ2n) is 6.10. The van der Waals surface area contributed by atoms with E-state index < -0.39 is 5.92 Å². The Hall–Kier alpha value is -2.89. The van der Waals surface area contributed by atoms with Crippen LogP contribution in [0.2, 0.25) is 0 Å². The molecule has 1 aliphatic rings. The van der Waals surface area contributed by atoms with Crippen LogP contribution in [0.15, 0.2) is 48.5 Å². The first-order valence-corrected chi connectivity index (χ1v) is 8.65. The molecular formula is C20H21FN2O3. The summed E-state index contributed by atoms with van der Waals surface area (Å²) >= 11 is 0. The van der Waals surface area contributed by atoms with Gasteiger partial charge < -0.3 is 15.0 Å². The van der Waals surface area contributed by atoms with Gasteiger partial charge in [-0.05, 0) is 55.3 Å². The summed E-state index contributed by atoms with van der Waals surface area (Å²) in [6.45, 7) is 3.32. The molecule has 1 aliphatic heterocycles. The molecule has 2 amide bonds. The molecule has 0 radical (unpaired) electrons.